The van der Waals surface area contributed by atoms with Gasteiger partial charge in [0.1, 0.15) is 12.3 Å². The van der Waals surface area contributed by atoms with Gasteiger partial charge in [-0.05, 0) is 43.7 Å². The molecule has 1 aromatic heterocycles. The molecular formula is C23H32N2O3. The van der Waals surface area contributed by atoms with Crippen molar-refractivity contribution >= 4 is 22.6 Å². The number of carbonyl (C=O) groups excluding carboxylic acids is 2. The smallest absolute Gasteiger partial charge is 0.242 e. The molecule has 0 N–H and O–H groups in total. The number of likely N-dealkylation sites (N-methyl/N-ethyl adjacent to an activating group) is 1. The fourth-order valence-corrected chi connectivity index (χ4v) is 3.97. The van der Waals surface area contributed by atoms with Crippen molar-refractivity contribution in [3.8, 4) is 5.75 Å². The van der Waals surface area contributed by atoms with Gasteiger partial charge in [0, 0.05) is 42.2 Å². The maximum absolute atomic E-state index is 13.1. The van der Waals surface area contributed by atoms with Crippen LogP contribution >= 0.6 is 0 Å². The Morgan fingerprint density at radius 1 is 1.25 bits per heavy atom. The van der Waals surface area contributed by atoms with Crippen molar-refractivity contribution in [1.82, 2.24) is 9.47 Å². The summed E-state index contributed by atoms with van der Waals surface area (Å²) in [4.78, 5) is 27.7. The number of benzene rings is 1. The maximum Gasteiger partial charge on any atom is 0.242 e. The van der Waals surface area contributed by atoms with Crippen molar-refractivity contribution in [2.45, 2.75) is 59.9 Å². The zero-order valence-corrected chi connectivity index (χ0v) is 17.8. The van der Waals surface area contributed by atoms with Gasteiger partial charge >= 0.3 is 0 Å². The van der Waals surface area contributed by atoms with Gasteiger partial charge in [0.15, 0.2) is 5.78 Å². The van der Waals surface area contributed by atoms with Gasteiger partial charge in [-0.3, -0.25) is 9.59 Å². The van der Waals surface area contributed by atoms with Crippen molar-refractivity contribution in [3.05, 3.63) is 29.5 Å². The Morgan fingerprint density at radius 2 is 2.00 bits per heavy atom. The van der Waals surface area contributed by atoms with Gasteiger partial charge in [0.05, 0.1) is 12.6 Å². The molecule has 3 rings (SSSR count). The Kier molecular flexibility index (Phi) is 5.82. The van der Waals surface area contributed by atoms with E-state index in [9.17, 15) is 9.59 Å². The summed E-state index contributed by atoms with van der Waals surface area (Å²) < 4.78 is 7.44. The predicted molar refractivity (Wildman–Crippen MR) is 112 cm³/mol. The summed E-state index contributed by atoms with van der Waals surface area (Å²) in [5, 5.41) is 0.936. The Bertz CT molecular complexity index is 889. The van der Waals surface area contributed by atoms with E-state index in [1.165, 1.54) is 0 Å². The molecule has 1 heterocycles. The van der Waals surface area contributed by atoms with Crippen LogP contribution < -0.4 is 4.74 Å². The van der Waals surface area contributed by atoms with Gasteiger partial charge in [0.2, 0.25) is 5.91 Å². The van der Waals surface area contributed by atoms with Crippen molar-refractivity contribution in [2.24, 2.45) is 5.41 Å². The highest BCUT2D eigenvalue weighted by Gasteiger charge is 2.27. The Morgan fingerprint density at radius 3 is 2.64 bits per heavy atom. The monoisotopic (exact) mass is 384 g/mol. The van der Waals surface area contributed by atoms with E-state index in [1.807, 2.05) is 34.6 Å². The second-order valence-electron chi connectivity index (χ2n) is 8.85. The van der Waals surface area contributed by atoms with Gasteiger partial charge in [-0.25, -0.2) is 0 Å². The van der Waals surface area contributed by atoms with Gasteiger partial charge in [0.25, 0.3) is 0 Å². The first-order valence-electron chi connectivity index (χ1n) is 10.2. The third-order valence-corrected chi connectivity index (χ3v) is 5.64. The number of methoxy groups -OCH3 is 1. The van der Waals surface area contributed by atoms with Gasteiger partial charge in [-0.2, -0.15) is 0 Å². The van der Waals surface area contributed by atoms with Crippen molar-refractivity contribution in [3.63, 3.8) is 0 Å². The number of ketones is 1. The average molecular weight is 385 g/mol. The van der Waals surface area contributed by atoms with E-state index in [0.29, 0.717) is 13.0 Å². The van der Waals surface area contributed by atoms with Crippen LogP contribution in [0.3, 0.4) is 0 Å². The molecule has 5 heteroatoms. The number of carbonyl (C=O) groups is 2. The lowest BCUT2D eigenvalue weighted by Gasteiger charge is -2.27. The van der Waals surface area contributed by atoms with E-state index < -0.39 is 0 Å². The third kappa shape index (κ3) is 4.08. The molecule has 1 aromatic carbocycles. The predicted octanol–water partition coefficient (Wildman–Crippen LogP) is 4.45. The van der Waals surface area contributed by atoms with Crippen molar-refractivity contribution < 1.29 is 14.3 Å². The molecule has 0 unspecified atom stereocenters. The van der Waals surface area contributed by atoms with Crippen molar-refractivity contribution in [2.75, 3.05) is 20.2 Å². The topological polar surface area (TPSA) is 51.5 Å². The fourth-order valence-electron chi connectivity index (χ4n) is 3.97. The molecule has 0 saturated carbocycles. The van der Waals surface area contributed by atoms with E-state index in [2.05, 4.69) is 20.8 Å². The van der Waals surface area contributed by atoms with Crippen LogP contribution in [0.15, 0.2) is 18.2 Å². The minimum absolute atomic E-state index is 0.104. The fraction of sp³-hybridized carbons (Fsp3) is 0.565. The summed E-state index contributed by atoms with van der Waals surface area (Å²) in [5.41, 5.74) is 2.90. The Hall–Kier alpha value is -2.30. The molecule has 0 bridgehead atoms. The summed E-state index contributed by atoms with van der Waals surface area (Å²) >= 11 is 0. The molecule has 1 aliphatic carbocycles. The molecule has 2 aromatic rings. The Labute approximate surface area is 167 Å². The molecule has 0 spiro atoms. The lowest BCUT2D eigenvalue weighted by molar-refractivity contribution is -0.131. The number of rotatable bonds is 6. The number of hydrogen-bond donors (Lipinski definition) is 0. The molecule has 0 atom stereocenters. The minimum atomic E-state index is 0.104. The first-order chi connectivity index (χ1) is 13.2. The van der Waals surface area contributed by atoms with Gasteiger partial charge < -0.3 is 14.2 Å². The highest BCUT2D eigenvalue weighted by molar-refractivity contribution is 6.10. The molecule has 0 aliphatic heterocycles. The normalized spacial score (nSPS) is 14.2. The summed E-state index contributed by atoms with van der Waals surface area (Å²) in [5.74, 6) is 1.03. The van der Waals surface area contributed by atoms with Crippen LogP contribution in [-0.4, -0.2) is 41.4 Å². The number of ether oxygens (including phenoxy) is 1. The standard InChI is InChI=1S/C23H32N2O3/c1-6-24(13-12-23(2,3)4)21(27)15-25-18-8-7-9-20(26)22(18)17-11-10-16(28-5)14-19(17)25/h10-11,14H,6-9,12-13,15H2,1-5H3. The maximum atomic E-state index is 13.1. The first-order valence-corrected chi connectivity index (χ1v) is 10.2. The zero-order valence-electron chi connectivity index (χ0n) is 17.8. The van der Waals surface area contributed by atoms with Crippen LogP contribution in [-0.2, 0) is 17.8 Å². The highest BCUT2D eigenvalue weighted by Crippen LogP contribution is 2.34. The average Bonchev–Trinajstić information content (AvgIpc) is 2.95. The number of aromatic nitrogens is 1. The minimum Gasteiger partial charge on any atom is -0.497 e. The Balaban J connectivity index is 1.97. The second kappa shape index (κ2) is 7.98. The zero-order chi connectivity index (χ0) is 20.5. The summed E-state index contributed by atoms with van der Waals surface area (Å²) in [6.45, 7) is 10.3. The largest absolute Gasteiger partial charge is 0.497 e. The number of nitrogens with zero attached hydrogens (tertiary/aromatic N) is 2. The second-order valence-corrected chi connectivity index (χ2v) is 8.85. The van der Waals surface area contributed by atoms with E-state index in [4.69, 9.17) is 4.74 Å². The van der Waals surface area contributed by atoms with Crippen LogP contribution in [0.2, 0.25) is 0 Å². The van der Waals surface area contributed by atoms with E-state index in [0.717, 1.165) is 53.7 Å². The van der Waals surface area contributed by atoms with Gasteiger partial charge in [-0.15, -0.1) is 0 Å². The molecular weight excluding hydrogens is 352 g/mol. The number of Topliss-reactive ketones (excluding diaryl/α,β-unsaturated/α-hetero) is 1. The molecule has 1 amide bonds. The van der Waals surface area contributed by atoms with Crippen LogP contribution in [0.4, 0.5) is 0 Å². The molecule has 0 radical (unpaired) electrons. The third-order valence-electron chi connectivity index (χ3n) is 5.64. The van der Waals surface area contributed by atoms with Crippen LogP contribution in [0.5, 0.6) is 5.75 Å². The van der Waals surface area contributed by atoms with Crippen LogP contribution in [0.1, 0.15) is 63.0 Å². The molecule has 1 aliphatic rings. The first kappa shape index (κ1) is 20.4. The van der Waals surface area contributed by atoms with Crippen LogP contribution in [0, 0.1) is 5.41 Å². The summed E-state index contributed by atoms with van der Waals surface area (Å²) in [6.07, 6.45) is 3.22. The highest BCUT2D eigenvalue weighted by atomic mass is 16.5. The molecule has 152 valence electrons. The number of amides is 1. The number of hydrogen-bond acceptors (Lipinski definition) is 3. The lowest BCUT2D eigenvalue weighted by atomic mass is 9.92. The van der Waals surface area contributed by atoms with Crippen molar-refractivity contribution in [1.29, 1.82) is 0 Å². The lowest BCUT2D eigenvalue weighted by Crippen LogP contribution is -2.36. The summed E-state index contributed by atoms with van der Waals surface area (Å²) in [6, 6.07) is 5.78. The summed E-state index contributed by atoms with van der Waals surface area (Å²) in [7, 11) is 1.63. The van der Waals surface area contributed by atoms with E-state index in [-0.39, 0.29) is 23.7 Å². The molecule has 0 saturated heterocycles. The quantitative estimate of drug-likeness (QED) is 0.739. The molecule has 0 fully saturated rings. The van der Waals surface area contributed by atoms with E-state index in [1.54, 1.807) is 7.11 Å². The van der Waals surface area contributed by atoms with Crippen LogP contribution in [0.25, 0.3) is 10.9 Å². The van der Waals surface area contributed by atoms with Gasteiger partial charge in [-0.1, -0.05) is 20.8 Å². The SMILES string of the molecule is CCN(CCC(C)(C)C)C(=O)Cn1c2c(c3ccc(OC)cc31)C(=O)CCC2. The number of fused-ring (bicyclic) bond motifs is 3. The molecule has 5 nitrogen and oxygen atoms in total. The van der Waals surface area contributed by atoms with E-state index >= 15 is 0 Å². The molecule has 28 heavy (non-hydrogen) atoms.